The van der Waals surface area contributed by atoms with Gasteiger partial charge < -0.3 is 16.3 Å². The Kier molecular flexibility index (Phi) is 3.81. The van der Waals surface area contributed by atoms with Crippen LogP contribution in [0.25, 0.3) is 0 Å². The number of hydrogen-bond donors (Lipinski definition) is 3. The van der Waals surface area contributed by atoms with E-state index in [1.807, 2.05) is 6.92 Å². The number of hydrogen-bond acceptors (Lipinski definition) is 5. The van der Waals surface area contributed by atoms with E-state index in [9.17, 15) is 4.79 Å². The van der Waals surface area contributed by atoms with Gasteiger partial charge in [-0.2, -0.15) is 0 Å². The van der Waals surface area contributed by atoms with Crippen LogP contribution in [-0.4, -0.2) is 28.0 Å². The number of nitrogens with one attached hydrogen (secondary N) is 1. The third-order valence-electron chi connectivity index (χ3n) is 3.17. The molecular formula is C11H16N4O2S. The third-order valence-corrected chi connectivity index (χ3v) is 4.08. The number of nitrogens with two attached hydrogens (primary N) is 1. The second-order valence-corrected chi connectivity index (χ2v) is 5.62. The van der Waals surface area contributed by atoms with Gasteiger partial charge in [0.2, 0.25) is 0 Å². The number of aryl methyl sites for hydroxylation is 1. The molecular weight excluding hydrogens is 252 g/mol. The molecule has 1 aromatic heterocycles. The number of carbonyl (C=O) groups excluding carboxylic acids is 1. The van der Waals surface area contributed by atoms with Crippen molar-refractivity contribution < 1.29 is 10.0 Å². The van der Waals surface area contributed by atoms with Crippen LogP contribution in [0.1, 0.15) is 33.9 Å². The lowest BCUT2D eigenvalue weighted by Gasteiger charge is -2.19. The molecule has 2 rings (SSSR count). The Bertz CT molecular complexity index is 471. The second-order valence-electron chi connectivity index (χ2n) is 4.39. The number of carbonyl (C=O) groups is 1. The molecule has 18 heavy (non-hydrogen) atoms. The van der Waals surface area contributed by atoms with Crippen molar-refractivity contribution in [3.8, 4) is 0 Å². The third kappa shape index (κ3) is 2.61. The van der Waals surface area contributed by atoms with Crippen LogP contribution in [0.5, 0.6) is 0 Å². The summed E-state index contributed by atoms with van der Waals surface area (Å²) in [6.45, 7) is 1.86. The molecule has 2 atom stereocenters. The van der Waals surface area contributed by atoms with Crippen molar-refractivity contribution in [3.05, 3.63) is 16.1 Å². The van der Waals surface area contributed by atoms with Gasteiger partial charge in [-0.15, -0.1) is 11.3 Å². The largest absolute Gasteiger partial charge is 0.409 e. The quantitative estimate of drug-likeness (QED) is 0.330. The van der Waals surface area contributed by atoms with E-state index in [4.69, 9.17) is 10.9 Å². The van der Waals surface area contributed by atoms with E-state index in [1.54, 1.807) is 6.20 Å². The minimum absolute atomic E-state index is 0.0594. The first kappa shape index (κ1) is 12.8. The van der Waals surface area contributed by atoms with Gasteiger partial charge in [-0.05, 0) is 19.8 Å². The predicted octanol–water partition coefficient (Wildman–Crippen LogP) is 1.10. The van der Waals surface area contributed by atoms with Crippen LogP contribution >= 0.6 is 11.3 Å². The normalized spacial score (nSPS) is 24.2. The molecule has 0 spiro atoms. The highest BCUT2D eigenvalue weighted by Crippen LogP contribution is 2.26. The number of amides is 1. The summed E-state index contributed by atoms with van der Waals surface area (Å²) in [5.74, 6) is -0.0190. The number of amidine groups is 1. The van der Waals surface area contributed by atoms with E-state index in [-0.39, 0.29) is 23.7 Å². The Balaban J connectivity index is 2.03. The van der Waals surface area contributed by atoms with E-state index in [0.29, 0.717) is 4.88 Å². The summed E-state index contributed by atoms with van der Waals surface area (Å²) < 4.78 is 0. The van der Waals surface area contributed by atoms with Crippen LogP contribution in [-0.2, 0) is 0 Å². The van der Waals surface area contributed by atoms with Gasteiger partial charge >= 0.3 is 0 Å². The first-order valence-electron chi connectivity index (χ1n) is 5.82. The first-order valence-corrected chi connectivity index (χ1v) is 6.64. The average Bonchev–Trinajstić information content (AvgIpc) is 2.97. The zero-order valence-electron chi connectivity index (χ0n) is 10.1. The first-order chi connectivity index (χ1) is 8.61. The van der Waals surface area contributed by atoms with Crippen LogP contribution in [0, 0.1) is 12.8 Å². The SMILES string of the molecule is Cc1ncc(C(=O)NC2CCCC2/C(N)=N/O)s1. The fourth-order valence-electron chi connectivity index (χ4n) is 2.27. The van der Waals surface area contributed by atoms with Gasteiger partial charge in [-0.3, -0.25) is 4.79 Å². The molecule has 0 aliphatic heterocycles. The summed E-state index contributed by atoms with van der Waals surface area (Å²) in [7, 11) is 0. The zero-order chi connectivity index (χ0) is 13.1. The number of thiazole rings is 1. The van der Waals surface area contributed by atoms with E-state index in [0.717, 1.165) is 24.3 Å². The van der Waals surface area contributed by atoms with Crippen LogP contribution in [0.4, 0.5) is 0 Å². The molecule has 0 bridgehead atoms. The summed E-state index contributed by atoms with van der Waals surface area (Å²) >= 11 is 1.36. The monoisotopic (exact) mass is 268 g/mol. The van der Waals surface area contributed by atoms with Crippen LogP contribution in [0.3, 0.4) is 0 Å². The Morgan fingerprint density at radius 3 is 3.06 bits per heavy atom. The molecule has 7 heteroatoms. The van der Waals surface area contributed by atoms with E-state index in [1.165, 1.54) is 11.3 Å². The Morgan fingerprint density at radius 2 is 2.44 bits per heavy atom. The molecule has 0 radical (unpaired) electrons. The summed E-state index contributed by atoms with van der Waals surface area (Å²) in [6, 6.07) is -0.0594. The molecule has 1 fully saturated rings. The van der Waals surface area contributed by atoms with Gasteiger partial charge in [0.1, 0.15) is 10.7 Å². The molecule has 6 nitrogen and oxygen atoms in total. The fraction of sp³-hybridized carbons (Fsp3) is 0.545. The standard InChI is InChI=1S/C11H16N4O2S/c1-6-13-5-9(18-6)11(16)14-8-4-2-3-7(8)10(12)15-17/h5,7-8,17H,2-4H2,1H3,(H2,12,15)(H,14,16). The van der Waals surface area contributed by atoms with Gasteiger partial charge in [-0.25, -0.2) is 4.98 Å². The lowest BCUT2D eigenvalue weighted by Crippen LogP contribution is -2.42. The smallest absolute Gasteiger partial charge is 0.263 e. The van der Waals surface area contributed by atoms with E-state index < -0.39 is 0 Å². The Hall–Kier alpha value is -1.63. The van der Waals surface area contributed by atoms with E-state index in [2.05, 4.69) is 15.5 Å². The van der Waals surface area contributed by atoms with Gasteiger partial charge in [0.05, 0.1) is 11.2 Å². The molecule has 1 aromatic rings. The number of oxime groups is 1. The number of aromatic nitrogens is 1. The van der Waals surface area contributed by atoms with Crippen LogP contribution in [0.15, 0.2) is 11.4 Å². The van der Waals surface area contributed by atoms with Gasteiger partial charge in [0.15, 0.2) is 0 Å². The minimum atomic E-state index is -0.136. The lowest BCUT2D eigenvalue weighted by atomic mass is 10.0. The molecule has 2 unspecified atom stereocenters. The van der Waals surface area contributed by atoms with E-state index >= 15 is 0 Å². The van der Waals surface area contributed by atoms with Crippen molar-refractivity contribution in [2.24, 2.45) is 16.8 Å². The van der Waals surface area contributed by atoms with Gasteiger partial charge in [0.25, 0.3) is 5.91 Å². The average molecular weight is 268 g/mol. The molecule has 0 saturated heterocycles. The molecule has 1 saturated carbocycles. The minimum Gasteiger partial charge on any atom is -0.409 e. The maximum absolute atomic E-state index is 12.0. The molecule has 1 aliphatic carbocycles. The zero-order valence-corrected chi connectivity index (χ0v) is 10.9. The lowest BCUT2D eigenvalue weighted by molar-refractivity contribution is 0.0937. The maximum Gasteiger partial charge on any atom is 0.263 e. The van der Waals surface area contributed by atoms with Crippen molar-refractivity contribution in [3.63, 3.8) is 0 Å². The molecule has 1 aliphatic rings. The molecule has 1 heterocycles. The fourth-order valence-corrected chi connectivity index (χ4v) is 2.95. The Labute approximate surface area is 109 Å². The summed E-state index contributed by atoms with van der Waals surface area (Å²) in [5.41, 5.74) is 5.63. The highest BCUT2D eigenvalue weighted by Gasteiger charge is 2.32. The number of nitrogens with zero attached hydrogens (tertiary/aromatic N) is 2. The van der Waals surface area contributed by atoms with Crippen molar-refractivity contribution in [2.45, 2.75) is 32.2 Å². The highest BCUT2D eigenvalue weighted by molar-refractivity contribution is 7.13. The maximum atomic E-state index is 12.0. The van der Waals surface area contributed by atoms with Gasteiger partial charge in [-0.1, -0.05) is 11.6 Å². The van der Waals surface area contributed by atoms with Crippen LogP contribution in [0.2, 0.25) is 0 Å². The van der Waals surface area contributed by atoms with Crippen molar-refractivity contribution in [1.29, 1.82) is 0 Å². The van der Waals surface area contributed by atoms with Crippen LogP contribution < -0.4 is 11.1 Å². The van der Waals surface area contributed by atoms with Crippen molar-refractivity contribution in [1.82, 2.24) is 10.3 Å². The molecule has 1 amide bonds. The number of rotatable bonds is 3. The molecule has 0 aromatic carbocycles. The summed E-state index contributed by atoms with van der Waals surface area (Å²) in [4.78, 5) is 16.6. The van der Waals surface area contributed by atoms with Crippen molar-refractivity contribution >= 4 is 23.1 Å². The van der Waals surface area contributed by atoms with Gasteiger partial charge in [0, 0.05) is 12.0 Å². The molecule has 98 valence electrons. The predicted molar refractivity (Wildman–Crippen MR) is 68.9 cm³/mol. The second kappa shape index (κ2) is 5.34. The highest BCUT2D eigenvalue weighted by atomic mass is 32.1. The Morgan fingerprint density at radius 1 is 1.67 bits per heavy atom. The summed E-state index contributed by atoms with van der Waals surface area (Å²) in [5, 5.41) is 15.5. The molecule has 4 N–H and O–H groups in total. The summed E-state index contributed by atoms with van der Waals surface area (Å²) in [6.07, 6.45) is 4.23. The van der Waals surface area contributed by atoms with Crippen molar-refractivity contribution in [2.75, 3.05) is 0 Å². The topological polar surface area (TPSA) is 101 Å².